The van der Waals surface area contributed by atoms with E-state index in [0.29, 0.717) is 5.92 Å². The number of hydrogen-bond donors (Lipinski definition) is 0. The van der Waals surface area contributed by atoms with Crippen molar-refractivity contribution in [3.05, 3.63) is 29.8 Å². The molecule has 0 aliphatic carbocycles. The van der Waals surface area contributed by atoms with Crippen LogP contribution in [0.25, 0.3) is 0 Å². The smallest absolute Gasteiger partial charge is 0.0656 e. The van der Waals surface area contributed by atoms with Crippen LogP contribution in [0.4, 0.5) is 0 Å². The minimum atomic E-state index is -1.33. The van der Waals surface area contributed by atoms with E-state index < -0.39 is 8.07 Å². The lowest BCUT2D eigenvalue weighted by Gasteiger charge is -2.43. The van der Waals surface area contributed by atoms with Crippen LogP contribution in [0, 0.1) is 16.9 Å². The van der Waals surface area contributed by atoms with Gasteiger partial charge in [0, 0.05) is 0 Å². The molecule has 0 aliphatic heterocycles. The van der Waals surface area contributed by atoms with E-state index in [0.717, 1.165) is 0 Å². The van der Waals surface area contributed by atoms with Crippen LogP contribution in [0.5, 0.6) is 0 Å². The Morgan fingerprint density at radius 2 is 1.42 bits per heavy atom. The van der Waals surface area contributed by atoms with Crippen LogP contribution in [0.15, 0.2) is 18.2 Å². The molecule has 1 aromatic carbocycles. The van der Waals surface area contributed by atoms with E-state index in [1.807, 2.05) is 0 Å². The van der Waals surface area contributed by atoms with Crippen molar-refractivity contribution in [2.75, 3.05) is 0 Å². The molecule has 1 radical (unpaired) electrons. The van der Waals surface area contributed by atoms with Crippen LogP contribution >= 0.6 is 0 Å². The summed E-state index contributed by atoms with van der Waals surface area (Å²) in [6, 6.07) is 10.2. The zero-order valence-corrected chi connectivity index (χ0v) is 15.3. The summed E-state index contributed by atoms with van der Waals surface area (Å²) in [5.41, 5.74) is 1.97. The third-order valence-electron chi connectivity index (χ3n) is 3.72. The second kappa shape index (κ2) is 5.09. The topological polar surface area (TPSA) is 0 Å². The Labute approximate surface area is 121 Å². The molecule has 0 fully saturated rings. The fourth-order valence-electron chi connectivity index (χ4n) is 3.51. The third kappa shape index (κ3) is 3.95. The first-order valence-electron chi connectivity index (χ1n) is 7.36. The van der Waals surface area contributed by atoms with Gasteiger partial charge in [-0.05, 0) is 28.4 Å². The molecule has 1 heteroatoms. The summed E-state index contributed by atoms with van der Waals surface area (Å²) in [5.74, 6) is 0.530. The van der Waals surface area contributed by atoms with E-state index >= 15 is 0 Å². The first-order valence-corrected chi connectivity index (χ1v) is 10.9. The minimum absolute atomic E-state index is 0.254. The highest BCUT2D eigenvalue weighted by atomic mass is 28.3. The molecule has 0 nitrogen and oxygen atoms in total. The molecule has 0 amide bonds. The van der Waals surface area contributed by atoms with E-state index in [4.69, 9.17) is 0 Å². The zero-order chi connectivity index (χ0) is 15.1. The molecule has 1 aromatic rings. The highest BCUT2D eigenvalue weighted by Gasteiger charge is 2.38. The van der Waals surface area contributed by atoms with Gasteiger partial charge in [-0.25, -0.2) is 0 Å². The summed E-state index contributed by atoms with van der Waals surface area (Å²) in [6.45, 7) is 21.5. The number of benzene rings is 1. The van der Waals surface area contributed by atoms with Gasteiger partial charge in [-0.15, -0.1) is 0 Å². The van der Waals surface area contributed by atoms with Crippen molar-refractivity contribution in [3.8, 4) is 0 Å². The van der Waals surface area contributed by atoms with Gasteiger partial charge >= 0.3 is 0 Å². The lowest BCUT2D eigenvalue weighted by atomic mass is 9.63. The van der Waals surface area contributed by atoms with Crippen molar-refractivity contribution < 1.29 is 0 Å². The summed E-state index contributed by atoms with van der Waals surface area (Å²) in [5, 5.41) is 1.57. The predicted octanol–water partition coefficient (Wildman–Crippen LogP) is 5.21. The molecule has 0 atom stereocenters. The van der Waals surface area contributed by atoms with Crippen LogP contribution in [0.3, 0.4) is 0 Å². The molecular weight excluding hydrogens is 244 g/mol. The Kier molecular flexibility index (Phi) is 4.41. The van der Waals surface area contributed by atoms with Crippen LogP contribution in [-0.2, 0) is 0 Å². The Hall–Kier alpha value is -0.563. The van der Waals surface area contributed by atoms with E-state index in [1.54, 1.807) is 5.19 Å². The first kappa shape index (κ1) is 16.5. The van der Waals surface area contributed by atoms with Gasteiger partial charge in [0.05, 0.1) is 8.07 Å². The predicted molar refractivity (Wildman–Crippen MR) is 89.9 cm³/mol. The summed E-state index contributed by atoms with van der Waals surface area (Å²) >= 11 is 0. The van der Waals surface area contributed by atoms with Gasteiger partial charge in [0.2, 0.25) is 0 Å². The van der Waals surface area contributed by atoms with Gasteiger partial charge in [-0.2, -0.15) is 0 Å². The van der Waals surface area contributed by atoms with Crippen molar-refractivity contribution in [1.29, 1.82) is 0 Å². The molecule has 0 N–H and O–H groups in total. The highest BCUT2D eigenvalue weighted by Crippen LogP contribution is 2.46. The monoisotopic (exact) mass is 275 g/mol. The molecule has 107 valence electrons. The molecule has 1 rings (SSSR count). The molecule has 0 unspecified atom stereocenters. The van der Waals surface area contributed by atoms with Crippen molar-refractivity contribution in [1.82, 2.24) is 0 Å². The standard InChI is InChI=1S/C18H31Si/c1-17(2,3)16(18(4,5)6)14-12-10-11-13-15(14)19(7,8)9/h10-11,13,16H,1-9H3. The summed E-state index contributed by atoms with van der Waals surface area (Å²) < 4.78 is 0. The molecule has 0 aliphatic rings. The first-order chi connectivity index (χ1) is 8.35. The lowest BCUT2D eigenvalue weighted by molar-refractivity contribution is 0.177. The molecule has 0 bridgehead atoms. The highest BCUT2D eigenvalue weighted by molar-refractivity contribution is 6.89. The van der Waals surface area contributed by atoms with Crippen molar-refractivity contribution in [3.63, 3.8) is 0 Å². The van der Waals surface area contributed by atoms with E-state index in [9.17, 15) is 0 Å². The van der Waals surface area contributed by atoms with Gasteiger partial charge in [0.15, 0.2) is 0 Å². The Balaban J connectivity index is 3.50. The second-order valence-electron chi connectivity index (χ2n) is 8.91. The van der Waals surface area contributed by atoms with Gasteiger partial charge < -0.3 is 0 Å². The lowest BCUT2D eigenvalue weighted by Crippen LogP contribution is -2.44. The van der Waals surface area contributed by atoms with Crippen LogP contribution in [0.1, 0.15) is 53.0 Å². The maximum Gasteiger partial charge on any atom is 0.0779 e. The Morgan fingerprint density at radius 1 is 0.947 bits per heavy atom. The van der Waals surface area contributed by atoms with Gasteiger partial charge in [-0.3, -0.25) is 0 Å². The minimum Gasteiger partial charge on any atom is -0.0656 e. The van der Waals surface area contributed by atoms with E-state index in [2.05, 4.69) is 85.4 Å². The molecule has 0 spiro atoms. The molecule has 0 saturated carbocycles. The maximum atomic E-state index is 3.59. The largest absolute Gasteiger partial charge is 0.0779 e. The van der Waals surface area contributed by atoms with Crippen molar-refractivity contribution in [2.45, 2.75) is 67.1 Å². The van der Waals surface area contributed by atoms with Crippen molar-refractivity contribution >= 4 is 13.3 Å². The molecular formula is C18H31Si. The average molecular weight is 276 g/mol. The zero-order valence-electron chi connectivity index (χ0n) is 14.3. The van der Waals surface area contributed by atoms with E-state index in [1.165, 1.54) is 5.56 Å². The SMILES string of the molecule is CC(C)(C)C(c1[c]cccc1[Si](C)(C)C)C(C)(C)C. The Bertz CT molecular complexity index is 410. The van der Waals surface area contributed by atoms with Crippen LogP contribution in [0.2, 0.25) is 19.6 Å². The third-order valence-corrected chi connectivity index (χ3v) is 5.77. The Morgan fingerprint density at radius 3 is 1.79 bits per heavy atom. The molecule has 0 heterocycles. The normalized spacial score (nSPS) is 14.0. The van der Waals surface area contributed by atoms with Gasteiger partial charge in [-0.1, -0.05) is 84.6 Å². The van der Waals surface area contributed by atoms with E-state index in [-0.39, 0.29) is 10.8 Å². The summed E-state index contributed by atoms with van der Waals surface area (Å²) in [4.78, 5) is 0. The summed E-state index contributed by atoms with van der Waals surface area (Å²) in [7, 11) is -1.33. The molecule has 0 saturated heterocycles. The quantitative estimate of drug-likeness (QED) is 0.650. The van der Waals surface area contributed by atoms with Crippen LogP contribution < -0.4 is 5.19 Å². The van der Waals surface area contributed by atoms with Crippen LogP contribution in [-0.4, -0.2) is 8.07 Å². The number of hydrogen-bond acceptors (Lipinski definition) is 0. The fourth-order valence-corrected chi connectivity index (χ4v) is 5.13. The van der Waals surface area contributed by atoms with Gasteiger partial charge in [0.25, 0.3) is 0 Å². The maximum absolute atomic E-state index is 3.59. The molecule has 19 heavy (non-hydrogen) atoms. The fraction of sp³-hybridized carbons (Fsp3) is 0.667. The summed E-state index contributed by atoms with van der Waals surface area (Å²) in [6.07, 6.45) is 0. The van der Waals surface area contributed by atoms with Gasteiger partial charge in [0.1, 0.15) is 0 Å². The second-order valence-corrected chi connectivity index (χ2v) is 14.0. The molecule has 0 aromatic heterocycles. The number of rotatable bonds is 2. The average Bonchev–Trinajstić information content (AvgIpc) is 2.11. The van der Waals surface area contributed by atoms with Crippen molar-refractivity contribution in [2.24, 2.45) is 10.8 Å².